The SMILES string of the molecule is C=C(O)/C=c1\c(=C/N)[nH]c2ncc(OC)cc12. The van der Waals surface area contributed by atoms with E-state index in [1.165, 1.54) is 12.3 Å². The van der Waals surface area contributed by atoms with Gasteiger partial charge in [-0.3, -0.25) is 0 Å². The van der Waals surface area contributed by atoms with Crippen LogP contribution in [0.3, 0.4) is 0 Å². The lowest BCUT2D eigenvalue weighted by atomic mass is 10.2. The van der Waals surface area contributed by atoms with Crippen LogP contribution in [0.2, 0.25) is 0 Å². The molecule has 0 saturated carbocycles. The van der Waals surface area contributed by atoms with Crippen LogP contribution in [0.4, 0.5) is 0 Å². The zero-order chi connectivity index (χ0) is 12.4. The molecule has 2 aromatic heterocycles. The molecule has 4 N–H and O–H groups in total. The highest BCUT2D eigenvalue weighted by Crippen LogP contribution is 2.12. The highest BCUT2D eigenvalue weighted by atomic mass is 16.5. The molecule has 17 heavy (non-hydrogen) atoms. The number of hydrogen-bond donors (Lipinski definition) is 3. The van der Waals surface area contributed by atoms with E-state index in [0.29, 0.717) is 16.7 Å². The first kappa shape index (κ1) is 11.1. The van der Waals surface area contributed by atoms with Gasteiger partial charge < -0.3 is 20.6 Å². The van der Waals surface area contributed by atoms with Crippen LogP contribution in [0.1, 0.15) is 0 Å². The Kier molecular flexibility index (Phi) is 2.74. The number of aromatic amines is 1. The smallest absolute Gasteiger partial charge is 0.138 e. The number of aromatic nitrogens is 2. The summed E-state index contributed by atoms with van der Waals surface area (Å²) >= 11 is 0. The molecule has 0 fully saturated rings. The van der Waals surface area contributed by atoms with Gasteiger partial charge in [-0.05, 0) is 12.1 Å². The van der Waals surface area contributed by atoms with E-state index in [4.69, 9.17) is 10.5 Å². The summed E-state index contributed by atoms with van der Waals surface area (Å²) in [5, 5.41) is 11.5. The Hall–Kier alpha value is -2.43. The van der Waals surface area contributed by atoms with Crippen molar-refractivity contribution in [3.8, 4) is 5.75 Å². The standard InChI is InChI=1S/C12H13N3O2/c1-7(16)3-9-10-4-8(17-2)6-14-12(10)15-11(9)5-13/h3-6,16H,1,13H2,2H3,(H,14,15)/b9-3-,11-5+. The molecule has 2 aromatic rings. The van der Waals surface area contributed by atoms with Crippen LogP contribution in [-0.4, -0.2) is 22.2 Å². The van der Waals surface area contributed by atoms with Gasteiger partial charge >= 0.3 is 0 Å². The third-order valence-corrected chi connectivity index (χ3v) is 2.41. The van der Waals surface area contributed by atoms with E-state index in [0.717, 1.165) is 10.6 Å². The minimum absolute atomic E-state index is 0.0446. The highest BCUT2D eigenvalue weighted by molar-refractivity contribution is 5.79. The predicted molar refractivity (Wildman–Crippen MR) is 66.8 cm³/mol. The molecular weight excluding hydrogens is 218 g/mol. The Bertz CT molecular complexity index is 686. The van der Waals surface area contributed by atoms with Gasteiger partial charge in [-0.2, -0.15) is 0 Å². The first-order valence-corrected chi connectivity index (χ1v) is 4.99. The van der Waals surface area contributed by atoms with Crippen molar-refractivity contribution in [1.29, 1.82) is 0 Å². The summed E-state index contributed by atoms with van der Waals surface area (Å²) in [6, 6.07) is 1.82. The van der Waals surface area contributed by atoms with Gasteiger partial charge in [0.25, 0.3) is 0 Å². The molecule has 0 aliphatic heterocycles. The quantitative estimate of drug-likeness (QED) is 0.641. The lowest BCUT2D eigenvalue weighted by molar-refractivity contribution is 0.413. The van der Waals surface area contributed by atoms with Crippen molar-refractivity contribution in [3.05, 3.63) is 35.2 Å². The summed E-state index contributed by atoms with van der Waals surface area (Å²) in [6.45, 7) is 3.43. The van der Waals surface area contributed by atoms with E-state index in [-0.39, 0.29) is 5.76 Å². The molecular formula is C12H13N3O2. The van der Waals surface area contributed by atoms with Gasteiger partial charge in [-0.1, -0.05) is 6.58 Å². The number of nitrogens with one attached hydrogen (secondary N) is 1. The molecule has 0 unspecified atom stereocenters. The van der Waals surface area contributed by atoms with Crippen LogP contribution < -0.4 is 21.0 Å². The maximum Gasteiger partial charge on any atom is 0.138 e. The molecule has 5 nitrogen and oxygen atoms in total. The fraction of sp³-hybridized carbons (Fsp3) is 0.0833. The second-order valence-electron chi connectivity index (χ2n) is 3.53. The van der Waals surface area contributed by atoms with E-state index in [1.807, 2.05) is 6.07 Å². The normalized spacial score (nSPS) is 13.2. The van der Waals surface area contributed by atoms with Gasteiger partial charge in [-0.25, -0.2) is 4.98 Å². The highest BCUT2D eigenvalue weighted by Gasteiger charge is 2.03. The van der Waals surface area contributed by atoms with Crippen molar-refractivity contribution in [2.75, 3.05) is 7.11 Å². The average Bonchev–Trinajstić information content (AvgIpc) is 2.66. The molecule has 2 heterocycles. The Morgan fingerprint density at radius 2 is 2.41 bits per heavy atom. The molecule has 0 aromatic carbocycles. The van der Waals surface area contributed by atoms with Crippen LogP contribution in [0.15, 0.2) is 24.6 Å². The van der Waals surface area contributed by atoms with Crippen molar-refractivity contribution in [2.45, 2.75) is 0 Å². The van der Waals surface area contributed by atoms with Gasteiger partial charge in [0.1, 0.15) is 17.2 Å². The predicted octanol–water partition coefficient (Wildman–Crippen LogP) is 0.120. The average molecular weight is 231 g/mol. The summed E-state index contributed by atoms with van der Waals surface area (Å²) in [7, 11) is 1.57. The Morgan fingerprint density at radius 1 is 1.65 bits per heavy atom. The molecule has 2 rings (SSSR count). The van der Waals surface area contributed by atoms with Crippen molar-refractivity contribution < 1.29 is 9.84 Å². The monoisotopic (exact) mass is 231 g/mol. The number of ether oxygens (including phenoxy) is 1. The van der Waals surface area contributed by atoms with Crippen molar-refractivity contribution in [1.82, 2.24) is 9.97 Å². The van der Waals surface area contributed by atoms with Crippen LogP contribution in [-0.2, 0) is 0 Å². The Labute approximate surface area is 97.5 Å². The summed E-state index contributed by atoms with van der Waals surface area (Å²) in [4.78, 5) is 7.24. The first-order chi connectivity index (χ1) is 8.15. The molecule has 0 spiro atoms. The molecule has 0 radical (unpaired) electrons. The fourth-order valence-corrected chi connectivity index (χ4v) is 1.66. The fourth-order valence-electron chi connectivity index (χ4n) is 1.66. The molecule has 0 bridgehead atoms. The number of aliphatic hydroxyl groups excluding tert-OH is 1. The largest absolute Gasteiger partial charge is 0.509 e. The summed E-state index contributed by atoms with van der Waals surface area (Å²) in [6.07, 6.45) is 4.55. The first-order valence-electron chi connectivity index (χ1n) is 4.99. The maximum atomic E-state index is 9.26. The number of methoxy groups -OCH3 is 1. The lowest BCUT2D eigenvalue weighted by Gasteiger charge is -1.97. The second kappa shape index (κ2) is 4.21. The third kappa shape index (κ3) is 1.94. The summed E-state index contributed by atoms with van der Waals surface area (Å²) < 4.78 is 5.11. The molecule has 0 atom stereocenters. The van der Waals surface area contributed by atoms with Crippen LogP contribution in [0.5, 0.6) is 5.75 Å². The number of allylic oxidation sites excluding steroid dienone is 1. The molecule has 0 saturated heterocycles. The number of fused-ring (bicyclic) bond motifs is 1. The Morgan fingerprint density at radius 3 is 3.00 bits per heavy atom. The van der Waals surface area contributed by atoms with Gasteiger partial charge in [-0.15, -0.1) is 0 Å². The van der Waals surface area contributed by atoms with Crippen LogP contribution >= 0.6 is 0 Å². The van der Waals surface area contributed by atoms with E-state index >= 15 is 0 Å². The number of rotatable bonds is 2. The molecule has 0 amide bonds. The topological polar surface area (TPSA) is 84.2 Å². The lowest BCUT2D eigenvalue weighted by Crippen LogP contribution is -2.24. The number of aliphatic hydroxyl groups is 1. The molecule has 0 aliphatic rings. The zero-order valence-corrected chi connectivity index (χ0v) is 9.40. The number of H-pyrrole nitrogens is 1. The second-order valence-corrected chi connectivity index (χ2v) is 3.53. The number of nitrogens with zero attached hydrogens (tertiary/aromatic N) is 1. The Balaban J connectivity index is 2.91. The van der Waals surface area contributed by atoms with Gasteiger partial charge in [0.15, 0.2) is 0 Å². The molecule has 5 heteroatoms. The number of nitrogens with two attached hydrogens (primary N) is 1. The van der Waals surface area contributed by atoms with Crippen molar-refractivity contribution in [2.24, 2.45) is 5.73 Å². The minimum atomic E-state index is -0.0446. The number of pyridine rings is 1. The van der Waals surface area contributed by atoms with Crippen LogP contribution in [0, 0.1) is 0 Å². The summed E-state index contributed by atoms with van der Waals surface area (Å²) in [5.41, 5.74) is 6.19. The number of hydrogen-bond acceptors (Lipinski definition) is 4. The van der Waals surface area contributed by atoms with Crippen LogP contribution in [0.25, 0.3) is 23.3 Å². The van der Waals surface area contributed by atoms with Crippen molar-refractivity contribution in [3.63, 3.8) is 0 Å². The minimum Gasteiger partial charge on any atom is -0.509 e. The van der Waals surface area contributed by atoms with E-state index in [1.54, 1.807) is 13.3 Å². The molecule has 0 aliphatic carbocycles. The molecule has 88 valence electrons. The van der Waals surface area contributed by atoms with Gasteiger partial charge in [0.05, 0.1) is 18.7 Å². The van der Waals surface area contributed by atoms with E-state index in [9.17, 15) is 5.11 Å². The van der Waals surface area contributed by atoms with Gasteiger partial charge in [0.2, 0.25) is 0 Å². The van der Waals surface area contributed by atoms with Crippen molar-refractivity contribution >= 4 is 23.3 Å². The van der Waals surface area contributed by atoms with Gasteiger partial charge in [0, 0.05) is 16.8 Å². The summed E-state index contributed by atoms with van der Waals surface area (Å²) in [5.74, 6) is 0.593. The van der Waals surface area contributed by atoms with E-state index in [2.05, 4.69) is 16.5 Å². The zero-order valence-electron chi connectivity index (χ0n) is 9.40. The van der Waals surface area contributed by atoms with E-state index < -0.39 is 0 Å². The maximum absolute atomic E-state index is 9.26. The third-order valence-electron chi connectivity index (χ3n) is 2.41.